The molecule has 1 aromatic rings. The van der Waals surface area contributed by atoms with E-state index in [0.717, 1.165) is 12.1 Å². The molecule has 414 valence electrons. The molecule has 0 bridgehead atoms. The zero-order valence-electron chi connectivity index (χ0n) is 45.1. The van der Waals surface area contributed by atoms with Crippen molar-refractivity contribution in [3.63, 3.8) is 0 Å². The molecule has 10 atom stereocenters. The number of rotatable bonds is 29. The average Bonchev–Trinajstić information content (AvgIpc) is 3.79. The first-order chi connectivity index (χ1) is 34.0. The van der Waals surface area contributed by atoms with E-state index in [1.165, 1.54) is 33.3 Å². The lowest BCUT2D eigenvalue weighted by Crippen LogP contribution is -2.59. The number of carboxylic acid groups (broad SMARTS) is 1. The normalized spacial score (nSPS) is 17.6. The number of hydrogen-bond donors (Lipinski definition) is 8. The van der Waals surface area contributed by atoms with E-state index in [4.69, 9.17) is 15.2 Å². The summed E-state index contributed by atoms with van der Waals surface area (Å²) in [7, 11) is 3.66. The monoisotopic (exact) mass is 1050 g/mol. The summed E-state index contributed by atoms with van der Waals surface area (Å²) < 4.78 is 41.1. The van der Waals surface area contributed by atoms with Gasteiger partial charge in [-0.15, -0.1) is 0 Å². The summed E-state index contributed by atoms with van der Waals surface area (Å²) in [5.74, 6) is -5.21. The number of carbonyl (C=O) groups excluding carboxylic acids is 7. The summed E-state index contributed by atoms with van der Waals surface area (Å²) in [6.45, 7) is 16.7. The number of primary amides is 1. The highest BCUT2D eigenvalue weighted by atomic mass is 32.2. The molecule has 23 nitrogen and oxygen atoms in total. The summed E-state index contributed by atoms with van der Waals surface area (Å²) in [4.78, 5) is 110. The number of anilines is 1. The van der Waals surface area contributed by atoms with E-state index in [1.54, 1.807) is 30.7 Å². The van der Waals surface area contributed by atoms with Crippen molar-refractivity contribution >= 4 is 63.3 Å². The predicted octanol–water partition coefficient (Wildman–Crippen LogP) is 2.30. The summed E-state index contributed by atoms with van der Waals surface area (Å²) in [6.07, 6.45) is -1.36. The molecule has 2 rings (SSSR count). The smallest absolute Gasteiger partial charge is 0.405 e. The minimum absolute atomic E-state index is 0.00660. The van der Waals surface area contributed by atoms with Crippen molar-refractivity contribution in [2.75, 3.05) is 53.8 Å². The van der Waals surface area contributed by atoms with Crippen molar-refractivity contribution in [2.45, 2.75) is 154 Å². The number of likely N-dealkylation sites (N-methyl/N-ethyl adjacent to an activating group) is 2. The van der Waals surface area contributed by atoms with Gasteiger partial charge < -0.3 is 56.7 Å². The van der Waals surface area contributed by atoms with Gasteiger partial charge in [0.2, 0.25) is 35.4 Å². The van der Waals surface area contributed by atoms with Gasteiger partial charge in [-0.25, -0.2) is 22.7 Å². The molecule has 0 aliphatic carbocycles. The van der Waals surface area contributed by atoms with Crippen molar-refractivity contribution < 1.29 is 61.4 Å². The maximum absolute atomic E-state index is 14.3. The Labute approximate surface area is 431 Å². The topological polar surface area (TPSA) is 317 Å². The number of nitrogens with one attached hydrogen (secondary N) is 6. The van der Waals surface area contributed by atoms with E-state index in [1.807, 2.05) is 60.5 Å². The molecule has 0 saturated carbocycles. The summed E-state index contributed by atoms with van der Waals surface area (Å²) in [5, 5.41) is 21.9. The fraction of sp³-hybridized carbons (Fsp3) is 0.714. The lowest BCUT2D eigenvalue weighted by Gasteiger charge is -2.41. The third kappa shape index (κ3) is 18.4. The highest BCUT2D eigenvalue weighted by molar-refractivity contribution is 7.90. The van der Waals surface area contributed by atoms with Crippen LogP contribution >= 0.6 is 0 Å². The number of methoxy groups -OCH3 is 2. The quantitative estimate of drug-likeness (QED) is 0.0535. The van der Waals surface area contributed by atoms with Crippen LogP contribution in [-0.2, 0) is 48.3 Å². The lowest BCUT2D eigenvalue weighted by atomic mass is 9.89. The van der Waals surface area contributed by atoms with Crippen LogP contribution in [0, 0.1) is 29.6 Å². The Morgan fingerprint density at radius 2 is 1.41 bits per heavy atom. The zero-order chi connectivity index (χ0) is 55.7. The predicted molar refractivity (Wildman–Crippen MR) is 274 cm³/mol. The van der Waals surface area contributed by atoms with Crippen LogP contribution in [0.2, 0.25) is 0 Å². The minimum atomic E-state index is -4.49. The first-order valence-corrected chi connectivity index (χ1v) is 26.4. The number of likely N-dealkylation sites (tertiary alicyclic amines) is 1. The number of nitrogens with two attached hydrogens (primary N) is 1. The maximum atomic E-state index is 14.3. The molecular formula is C49H84N10O13S. The maximum Gasteiger partial charge on any atom is 0.405 e. The standard InChI is InChI=1S/C49H84N10O13S/c1-15-30(8)41(58(12)47(65)39(28(4)5)54-46(64)40(29(6)7)57(10)11)36(71-13)26-37(60)59-25-17-19-35(59)42(72-14)31(9)43(61)56-73(69,70)33-22-20-32(21-23-33)52-44(62)34(18-16-24-51-48(50)66)53-45(63)38(27(2)3)55-49(67)68/h20-23,27-31,34-36,38-42,55H,15-19,24-26H2,1-14H3,(H,52,62)(H,53,63)(H,54,64)(H,56,61)(H,67,68)(H3,50,51,66)/t30-,31+,34?,35?,36+,38?,39?,40?,41-,42+/m0/s1. The van der Waals surface area contributed by atoms with E-state index >= 15 is 0 Å². The van der Waals surface area contributed by atoms with Crippen molar-refractivity contribution in [2.24, 2.45) is 35.3 Å². The molecule has 0 spiro atoms. The van der Waals surface area contributed by atoms with Crippen molar-refractivity contribution in [3.8, 4) is 0 Å². The Hall–Kier alpha value is -5.59. The Kier molecular flexibility index (Phi) is 25.5. The van der Waals surface area contributed by atoms with Gasteiger partial charge in [-0.3, -0.25) is 33.7 Å². The highest BCUT2D eigenvalue weighted by Crippen LogP contribution is 2.30. The molecule has 1 saturated heterocycles. The third-order valence-electron chi connectivity index (χ3n) is 13.4. The zero-order valence-corrected chi connectivity index (χ0v) is 46.0. The molecule has 0 aromatic heterocycles. The van der Waals surface area contributed by atoms with Gasteiger partial charge in [-0.05, 0) is 87.7 Å². The molecule has 24 heteroatoms. The van der Waals surface area contributed by atoms with E-state index in [0.29, 0.717) is 25.8 Å². The number of hydrogen-bond acceptors (Lipinski definition) is 13. The Balaban J connectivity index is 2.27. The average molecular weight is 1050 g/mol. The molecule has 1 fully saturated rings. The van der Waals surface area contributed by atoms with Crippen LogP contribution in [0.15, 0.2) is 29.2 Å². The number of nitrogens with zero attached hydrogens (tertiary/aromatic N) is 3. The Morgan fingerprint density at radius 3 is 1.90 bits per heavy atom. The van der Waals surface area contributed by atoms with Crippen LogP contribution in [0.1, 0.15) is 101 Å². The van der Waals surface area contributed by atoms with Crippen LogP contribution in [0.25, 0.3) is 0 Å². The van der Waals surface area contributed by atoms with Gasteiger partial charge in [-0.2, -0.15) is 0 Å². The molecule has 1 heterocycles. The van der Waals surface area contributed by atoms with Gasteiger partial charge in [0.15, 0.2) is 0 Å². The van der Waals surface area contributed by atoms with Crippen molar-refractivity contribution in [3.05, 3.63) is 24.3 Å². The van der Waals surface area contributed by atoms with Gasteiger partial charge in [0.05, 0.1) is 47.6 Å². The Morgan fingerprint density at radius 1 is 0.808 bits per heavy atom. The van der Waals surface area contributed by atoms with E-state index in [9.17, 15) is 51.9 Å². The molecular weight excluding hydrogens is 969 g/mol. The van der Waals surface area contributed by atoms with Crippen LogP contribution in [-0.4, -0.2) is 173 Å². The second-order valence-corrected chi connectivity index (χ2v) is 21.8. The first-order valence-electron chi connectivity index (χ1n) is 24.9. The number of amides is 9. The van der Waals surface area contributed by atoms with Gasteiger partial charge in [0.25, 0.3) is 10.0 Å². The van der Waals surface area contributed by atoms with Crippen LogP contribution < -0.4 is 37.0 Å². The van der Waals surface area contributed by atoms with Gasteiger partial charge in [0.1, 0.15) is 18.1 Å². The second-order valence-electron chi connectivity index (χ2n) is 20.1. The first kappa shape index (κ1) is 63.5. The Bertz CT molecular complexity index is 2140. The molecule has 0 radical (unpaired) electrons. The molecule has 9 amide bonds. The van der Waals surface area contributed by atoms with Crippen molar-refractivity contribution in [1.82, 2.24) is 40.7 Å². The van der Waals surface area contributed by atoms with Gasteiger partial charge in [-0.1, -0.05) is 68.7 Å². The minimum Gasteiger partial charge on any atom is -0.465 e. The fourth-order valence-electron chi connectivity index (χ4n) is 9.36. The third-order valence-corrected chi connectivity index (χ3v) is 14.8. The molecule has 9 N–H and O–H groups in total. The van der Waals surface area contributed by atoms with E-state index < -0.39 is 100 Å². The number of carbonyl (C=O) groups is 8. The van der Waals surface area contributed by atoms with Crippen molar-refractivity contribution in [1.29, 1.82) is 0 Å². The summed E-state index contributed by atoms with van der Waals surface area (Å²) >= 11 is 0. The summed E-state index contributed by atoms with van der Waals surface area (Å²) in [6, 6.07) is -0.813. The summed E-state index contributed by atoms with van der Waals surface area (Å²) in [5.41, 5.74) is 5.26. The molecule has 5 unspecified atom stereocenters. The van der Waals surface area contributed by atoms with Crippen LogP contribution in [0.3, 0.4) is 0 Å². The molecule has 1 aromatic carbocycles. The van der Waals surface area contributed by atoms with Crippen LogP contribution in [0.5, 0.6) is 0 Å². The molecule has 1 aliphatic heterocycles. The molecule has 1 aliphatic rings. The number of sulfonamides is 1. The van der Waals surface area contributed by atoms with Gasteiger partial charge in [0, 0.05) is 40.0 Å². The van der Waals surface area contributed by atoms with E-state index in [2.05, 4.69) is 31.3 Å². The largest absolute Gasteiger partial charge is 0.465 e. The SMILES string of the molecule is CC[C@H](C)[C@@H]([C@@H](CC(=O)N1CCCC1[C@H](OC)[C@@H](C)C(=O)NS(=O)(=O)c1ccc(NC(=O)C(CCCNC(N)=O)NC(=O)C(NC(=O)O)C(C)C)cc1)OC)N(C)C(=O)C(NC(=O)C(C(C)C)N(C)C)C(C)C. The molecule has 73 heavy (non-hydrogen) atoms. The lowest BCUT2D eigenvalue weighted by molar-refractivity contribution is -0.148. The number of urea groups is 1. The second kappa shape index (κ2) is 29.3. The van der Waals surface area contributed by atoms with Crippen LogP contribution in [0.4, 0.5) is 15.3 Å². The number of ether oxygens (including phenoxy) is 2. The highest BCUT2D eigenvalue weighted by Gasteiger charge is 2.44. The fourth-order valence-corrected chi connectivity index (χ4v) is 10.4. The van der Waals surface area contributed by atoms with E-state index in [-0.39, 0.29) is 71.9 Å². The number of benzene rings is 1. The van der Waals surface area contributed by atoms with Gasteiger partial charge >= 0.3 is 12.1 Å².